The fraction of sp³-hybridized carbons (Fsp3) is 0.379. The van der Waals surface area contributed by atoms with Crippen LogP contribution in [0.15, 0.2) is 143 Å². The molecule has 4 heterocycles. The molecule has 0 saturated carbocycles. The van der Waals surface area contributed by atoms with E-state index in [1.165, 1.54) is 0 Å². The van der Waals surface area contributed by atoms with Crippen molar-refractivity contribution in [2.45, 2.75) is 71.6 Å². The van der Waals surface area contributed by atoms with Crippen molar-refractivity contribution in [2.75, 3.05) is 72.0 Å². The first-order valence-corrected chi connectivity index (χ1v) is 25.5. The predicted octanol–water partition coefficient (Wildman–Crippen LogP) is 7.18. The van der Waals surface area contributed by atoms with Crippen LogP contribution in [0.3, 0.4) is 0 Å². The van der Waals surface area contributed by atoms with Gasteiger partial charge < -0.3 is 20.4 Å². The standard InChI is InChI=1S/C58H70N10O5/c1-41(44-16-10-7-11-17-44)59-53(69)38-65-30-28-64(37-48-26-27-68(63-48)52-25-23-49-56(72)50-36-47(58(4,5)6)22-24-51(50)73-57(49)62-52)29-31-66(39-54(70)60-42(2)45-18-12-8-13-19-45)33-35-67(34-32-65)40-55(71)61-43(3)46-20-14-9-15-21-46/h7-27,36,41-43H,28-35,37-40H2,1-6H3,(H,59,69)(H,60,70)(H,61,71)/t41-,42?,43-/m0/s1. The van der Waals surface area contributed by atoms with E-state index in [1.807, 2.05) is 142 Å². The second-order valence-corrected chi connectivity index (χ2v) is 20.4. The largest absolute Gasteiger partial charge is 0.437 e. The highest BCUT2D eigenvalue weighted by molar-refractivity contribution is 5.89. The Kier molecular flexibility index (Phi) is 17.3. The van der Waals surface area contributed by atoms with E-state index in [1.54, 1.807) is 16.8 Å². The molecule has 3 atom stereocenters. The van der Waals surface area contributed by atoms with Gasteiger partial charge in [0, 0.05) is 65.1 Å². The van der Waals surface area contributed by atoms with Crippen LogP contribution < -0.4 is 21.4 Å². The minimum atomic E-state index is -0.174. The molecule has 0 aliphatic carbocycles. The van der Waals surface area contributed by atoms with E-state index >= 15 is 0 Å². The fourth-order valence-corrected chi connectivity index (χ4v) is 9.28. The predicted molar refractivity (Wildman–Crippen MR) is 287 cm³/mol. The summed E-state index contributed by atoms with van der Waals surface area (Å²) in [5.41, 5.74) is 5.39. The van der Waals surface area contributed by atoms with Gasteiger partial charge in [-0.05, 0) is 78.8 Å². The SMILES string of the molecule is CC(NC(=O)CN1CCN(CC(=O)N[C@@H](C)c2ccccc2)CCN(CC(=O)N[C@@H](C)c2ccccc2)CCN(Cc2ccn(-c3ccc4c(=O)c5cc(C(C)(C)C)ccc5oc4n3)n2)CC1)c1ccccc1. The Labute approximate surface area is 428 Å². The second kappa shape index (κ2) is 24.1. The van der Waals surface area contributed by atoms with Gasteiger partial charge in [0.2, 0.25) is 28.9 Å². The van der Waals surface area contributed by atoms with Crippen LogP contribution in [-0.2, 0) is 26.3 Å². The molecule has 8 rings (SSSR count). The maximum absolute atomic E-state index is 13.8. The molecule has 15 heteroatoms. The Morgan fingerprint density at radius 1 is 0.562 bits per heavy atom. The van der Waals surface area contributed by atoms with Crippen molar-refractivity contribution < 1.29 is 18.8 Å². The van der Waals surface area contributed by atoms with Crippen LogP contribution in [0.5, 0.6) is 0 Å². The lowest BCUT2D eigenvalue weighted by molar-refractivity contribution is -0.125. The quantitative estimate of drug-likeness (QED) is 0.0894. The number of pyridine rings is 1. The third-order valence-electron chi connectivity index (χ3n) is 13.7. The van der Waals surface area contributed by atoms with Gasteiger partial charge in [0.15, 0.2) is 5.82 Å². The number of amides is 3. The van der Waals surface area contributed by atoms with Gasteiger partial charge in [0.05, 0.1) is 54.2 Å². The van der Waals surface area contributed by atoms with E-state index in [9.17, 15) is 19.2 Å². The van der Waals surface area contributed by atoms with E-state index in [-0.39, 0.29) is 72.0 Å². The summed E-state index contributed by atoms with van der Waals surface area (Å²) in [7, 11) is 0. The Hall–Kier alpha value is -7.04. The van der Waals surface area contributed by atoms with Gasteiger partial charge in [-0.3, -0.25) is 38.8 Å². The van der Waals surface area contributed by atoms with Gasteiger partial charge in [-0.2, -0.15) is 10.1 Å². The van der Waals surface area contributed by atoms with E-state index in [0.29, 0.717) is 81.1 Å². The number of carbonyl (C=O) groups is 3. The summed E-state index contributed by atoms with van der Waals surface area (Å²) in [5.74, 6) is 0.247. The second-order valence-electron chi connectivity index (χ2n) is 20.4. The normalized spacial score (nSPS) is 16.2. The first-order chi connectivity index (χ1) is 35.1. The summed E-state index contributed by atoms with van der Waals surface area (Å²) in [4.78, 5) is 68.5. The molecule has 382 valence electrons. The molecule has 1 fully saturated rings. The highest BCUT2D eigenvalue weighted by Gasteiger charge is 2.24. The van der Waals surface area contributed by atoms with Crippen LogP contribution >= 0.6 is 0 Å². The molecular formula is C58H70N10O5. The average molecular weight is 987 g/mol. The molecule has 1 aliphatic heterocycles. The first kappa shape index (κ1) is 52.3. The number of hydrogen-bond donors (Lipinski definition) is 3. The van der Waals surface area contributed by atoms with E-state index in [4.69, 9.17) is 14.5 Å². The lowest BCUT2D eigenvalue weighted by atomic mass is 9.86. The molecule has 0 bridgehead atoms. The van der Waals surface area contributed by atoms with Gasteiger partial charge >= 0.3 is 0 Å². The van der Waals surface area contributed by atoms with Gasteiger partial charge in [0.1, 0.15) is 5.58 Å². The summed E-state index contributed by atoms with van der Waals surface area (Å²) in [5, 5.41) is 15.5. The molecule has 1 saturated heterocycles. The molecular weight excluding hydrogens is 917 g/mol. The van der Waals surface area contributed by atoms with Crippen molar-refractivity contribution >= 4 is 39.8 Å². The van der Waals surface area contributed by atoms with E-state index < -0.39 is 0 Å². The summed E-state index contributed by atoms with van der Waals surface area (Å²) in [6.07, 6.45) is 1.86. The van der Waals surface area contributed by atoms with Gasteiger partial charge in [-0.1, -0.05) is 118 Å². The van der Waals surface area contributed by atoms with Crippen LogP contribution in [-0.4, -0.2) is 124 Å². The number of rotatable bonds is 15. The van der Waals surface area contributed by atoms with Crippen LogP contribution in [0.2, 0.25) is 0 Å². The van der Waals surface area contributed by atoms with Crippen molar-refractivity contribution in [1.29, 1.82) is 0 Å². The Bertz CT molecular complexity index is 2930. The number of carbonyl (C=O) groups excluding carboxylic acids is 3. The zero-order valence-electron chi connectivity index (χ0n) is 43.1. The number of aromatic nitrogens is 3. The minimum Gasteiger partial charge on any atom is -0.437 e. The molecule has 3 aromatic heterocycles. The number of hydrogen-bond acceptors (Lipinski definition) is 11. The monoisotopic (exact) mass is 987 g/mol. The lowest BCUT2D eigenvalue weighted by Crippen LogP contribution is -2.50. The smallest absolute Gasteiger partial charge is 0.234 e. The molecule has 1 unspecified atom stereocenters. The molecule has 73 heavy (non-hydrogen) atoms. The van der Waals surface area contributed by atoms with Crippen molar-refractivity contribution in [1.82, 2.24) is 50.3 Å². The van der Waals surface area contributed by atoms with Crippen molar-refractivity contribution in [2.24, 2.45) is 0 Å². The zero-order chi connectivity index (χ0) is 51.5. The van der Waals surface area contributed by atoms with Crippen LogP contribution in [0.4, 0.5) is 0 Å². The van der Waals surface area contributed by atoms with Gasteiger partial charge in [-0.25, -0.2) is 4.68 Å². The number of nitrogens with zero attached hydrogens (tertiary/aromatic N) is 7. The highest BCUT2D eigenvalue weighted by Crippen LogP contribution is 2.27. The first-order valence-electron chi connectivity index (χ1n) is 25.5. The highest BCUT2D eigenvalue weighted by atomic mass is 16.3. The van der Waals surface area contributed by atoms with E-state index in [0.717, 1.165) is 27.9 Å². The molecule has 1 aliphatic rings. The maximum atomic E-state index is 13.8. The van der Waals surface area contributed by atoms with E-state index in [2.05, 4.69) is 56.3 Å². The summed E-state index contributed by atoms with van der Waals surface area (Å²) in [6, 6.07) is 40.5. The summed E-state index contributed by atoms with van der Waals surface area (Å²) < 4.78 is 7.91. The number of nitrogens with one attached hydrogen (secondary N) is 3. The molecule has 7 aromatic rings. The molecule has 0 radical (unpaired) electrons. The fourth-order valence-electron chi connectivity index (χ4n) is 9.28. The molecule has 4 aromatic carbocycles. The average Bonchev–Trinajstić information content (AvgIpc) is 3.85. The molecule has 15 nitrogen and oxygen atoms in total. The minimum absolute atomic E-state index is 0.0852. The topological polar surface area (TPSA) is 161 Å². The maximum Gasteiger partial charge on any atom is 0.234 e. The van der Waals surface area contributed by atoms with Crippen molar-refractivity contribution in [3.05, 3.63) is 172 Å². The Morgan fingerprint density at radius 3 is 1.44 bits per heavy atom. The summed E-state index contributed by atoms with van der Waals surface area (Å²) in [6.45, 7) is 17.7. The van der Waals surface area contributed by atoms with Crippen LogP contribution in [0.25, 0.3) is 27.9 Å². The third-order valence-corrected chi connectivity index (χ3v) is 13.7. The molecule has 3 N–H and O–H groups in total. The van der Waals surface area contributed by atoms with Crippen molar-refractivity contribution in [3.63, 3.8) is 0 Å². The van der Waals surface area contributed by atoms with Gasteiger partial charge in [-0.15, -0.1) is 0 Å². The summed E-state index contributed by atoms with van der Waals surface area (Å²) >= 11 is 0. The number of fused-ring (bicyclic) bond motifs is 2. The third kappa shape index (κ3) is 14.3. The van der Waals surface area contributed by atoms with Gasteiger partial charge in [0.25, 0.3) is 0 Å². The number of benzene rings is 4. The van der Waals surface area contributed by atoms with Crippen molar-refractivity contribution in [3.8, 4) is 5.82 Å². The molecule has 3 amide bonds. The molecule has 0 spiro atoms. The van der Waals surface area contributed by atoms with Crippen LogP contribution in [0, 0.1) is 0 Å². The zero-order valence-corrected chi connectivity index (χ0v) is 43.1. The lowest BCUT2D eigenvalue weighted by Gasteiger charge is -2.34. The Morgan fingerprint density at radius 2 is 1.00 bits per heavy atom. The Balaban J connectivity index is 1.02. The van der Waals surface area contributed by atoms with Crippen LogP contribution in [0.1, 0.15) is 87.6 Å².